The maximum atomic E-state index is 13.1. The second-order valence-corrected chi connectivity index (χ2v) is 9.55. The van der Waals surface area contributed by atoms with Gasteiger partial charge in [0.2, 0.25) is 22.9 Å². The standard InChI is InChI=1S/C20H23N5O3S2/c1-3-17(27)25(13-8-9-13)19-22-23-20(30-19)29-11-18(28)24-12(2)10-16(26)21-14-6-4-5-7-15(14)24/h4-7,12-13H,3,8-11H2,1-2H3,(H,21,26)/t12-/m1/s1. The minimum Gasteiger partial charge on any atom is -0.324 e. The van der Waals surface area contributed by atoms with E-state index in [4.69, 9.17) is 0 Å². The molecule has 4 rings (SSSR count). The van der Waals surface area contributed by atoms with E-state index in [0.717, 1.165) is 12.8 Å². The number of aromatic nitrogens is 2. The molecule has 1 aliphatic carbocycles. The van der Waals surface area contributed by atoms with Crippen molar-refractivity contribution in [1.82, 2.24) is 10.2 Å². The molecule has 0 unspecified atom stereocenters. The van der Waals surface area contributed by atoms with Crippen molar-refractivity contribution in [3.63, 3.8) is 0 Å². The van der Waals surface area contributed by atoms with E-state index < -0.39 is 0 Å². The minimum absolute atomic E-state index is 0.0495. The molecule has 2 heterocycles. The van der Waals surface area contributed by atoms with Crippen LogP contribution in [0, 0.1) is 0 Å². The minimum atomic E-state index is -0.251. The van der Waals surface area contributed by atoms with Gasteiger partial charge in [-0.3, -0.25) is 19.3 Å². The molecule has 0 saturated heterocycles. The number of nitrogens with one attached hydrogen (secondary N) is 1. The smallest absolute Gasteiger partial charge is 0.237 e. The van der Waals surface area contributed by atoms with Crippen LogP contribution in [0.15, 0.2) is 28.6 Å². The molecule has 10 heteroatoms. The van der Waals surface area contributed by atoms with Gasteiger partial charge >= 0.3 is 0 Å². The second kappa shape index (κ2) is 8.73. The van der Waals surface area contributed by atoms with Gasteiger partial charge in [-0.15, -0.1) is 10.2 Å². The molecule has 1 fully saturated rings. The van der Waals surface area contributed by atoms with E-state index in [9.17, 15) is 14.4 Å². The van der Waals surface area contributed by atoms with Crippen LogP contribution >= 0.6 is 23.1 Å². The maximum Gasteiger partial charge on any atom is 0.237 e. The van der Waals surface area contributed by atoms with Gasteiger partial charge in [0.1, 0.15) is 0 Å². The van der Waals surface area contributed by atoms with Gasteiger partial charge in [-0.25, -0.2) is 0 Å². The zero-order chi connectivity index (χ0) is 21.3. The third-order valence-electron chi connectivity index (χ3n) is 5.03. The van der Waals surface area contributed by atoms with Crippen LogP contribution in [0.5, 0.6) is 0 Å². The molecule has 8 nitrogen and oxygen atoms in total. The van der Waals surface area contributed by atoms with Crippen LogP contribution in [0.3, 0.4) is 0 Å². The number of anilines is 3. The summed E-state index contributed by atoms with van der Waals surface area (Å²) in [6, 6.07) is 7.30. The summed E-state index contributed by atoms with van der Waals surface area (Å²) in [7, 11) is 0. The molecule has 30 heavy (non-hydrogen) atoms. The molecule has 0 spiro atoms. The van der Waals surface area contributed by atoms with E-state index in [1.807, 2.05) is 32.0 Å². The van der Waals surface area contributed by atoms with Crippen molar-refractivity contribution in [1.29, 1.82) is 0 Å². The Kier molecular flexibility index (Phi) is 6.05. The van der Waals surface area contributed by atoms with Crippen molar-refractivity contribution in [3.8, 4) is 0 Å². The Hall–Kier alpha value is -2.46. The second-order valence-electron chi connectivity index (χ2n) is 7.37. The molecular formula is C20H23N5O3S2. The number of amides is 3. The lowest BCUT2D eigenvalue weighted by Crippen LogP contribution is -2.40. The summed E-state index contributed by atoms with van der Waals surface area (Å²) in [5.41, 5.74) is 1.34. The number of carbonyl (C=O) groups excluding carboxylic acids is 3. The molecule has 3 amide bonds. The lowest BCUT2D eigenvalue weighted by molar-refractivity contribution is -0.119. The molecule has 1 aromatic heterocycles. The molecule has 1 N–H and O–H groups in total. The maximum absolute atomic E-state index is 13.1. The fourth-order valence-corrected chi connectivity index (χ4v) is 5.28. The monoisotopic (exact) mass is 445 g/mol. The Morgan fingerprint density at radius 3 is 2.80 bits per heavy atom. The first-order valence-corrected chi connectivity index (χ1v) is 11.8. The molecule has 1 atom stereocenters. The van der Waals surface area contributed by atoms with Gasteiger partial charge in [0.05, 0.1) is 17.1 Å². The number of benzene rings is 1. The topological polar surface area (TPSA) is 95.5 Å². The highest BCUT2D eigenvalue weighted by Gasteiger charge is 2.35. The lowest BCUT2D eigenvalue weighted by Gasteiger charge is -2.27. The number of hydrogen-bond donors (Lipinski definition) is 1. The Balaban J connectivity index is 1.47. The van der Waals surface area contributed by atoms with Crippen LogP contribution in [0.2, 0.25) is 0 Å². The fourth-order valence-electron chi connectivity index (χ4n) is 3.49. The fraction of sp³-hybridized carbons (Fsp3) is 0.450. The molecule has 1 aromatic carbocycles. The first kappa shape index (κ1) is 20.8. The number of para-hydroxylation sites is 2. The number of thioether (sulfide) groups is 1. The summed E-state index contributed by atoms with van der Waals surface area (Å²) < 4.78 is 0.651. The molecule has 1 saturated carbocycles. The molecular weight excluding hydrogens is 422 g/mol. The van der Waals surface area contributed by atoms with Crippen LogP contribution in [0.25, 0.3) is 0 Å². The molecule has 158 valence electrons. The van der Waals surface area contributed by atoms with Crippen LogP contribution < -0.4 is 15.1 Å². The first-order valence-electron chi connectivity index (χ1n) is 9.97. The Morgan fingerprint density at radius 1 is 1.30 bits per heavy atom. The quantitative estimate of drug-likeness (QED) is 0.541. The molecule has 1 aliphatic heterocycles. The highest BCUT2D eigenvalue weighted by Crippen LogP contribution is 2.37. The largest absolute Gasteiger partial charge is 0.324 e. The zero-order valence-electron chi connectivity index (χ0n) is 16.8. The highest BCUT2D eigenvalue weighted by atomic mass is 32.2. The Bertz CT molecular complexity index is 975. The average molecular weight is 446 g/mol. The summed E-state index contributed by atoms with van der Waals surface area (Å²) in [5.74, 6) is 0.0184. The summed E-state index contributed by atoms with van der Waals surface area (Å²) in [5, 5.41) is 11.8. The third kappa shape index (κ3) is 4.34. The number of rotatable bonds is 6. The summed E-state index contributed by atoms with van der Waals surface area (Å²) in [6.45, 7) is 3.71. The van der Waals surface area contributed by atoms with Gasteiger partial charge in [0.15, 0.2) is 4.34 Å². The first-order chi connectivity index (χ1) is 14.5. The van der Waals surface area contributed by atoms with Crippen molar-refractivity contribution in [2.24, 2.45) is 0 Å². The van der Waals surface area contributed by atoms with Crippen molar-refractivity contribution >= 4 is 57.3 Å². The SMILES string of the molecule is CCC(=O)N(c1nnc(SCC(=O)N2c3ccccc3NC(=O)C[C@H]2C)s1)C1CC1. The third-order valence-corrected chi connectivity index (χ3v) is 7.07. The van der Waals surface area contributed by atoms with E-state index in [0.29, 0.717) is 27.3 Å². The Morgan fingerprint density at radius 2 is 2.07 bits per heavy atom. The van der Waals surface area contributed by atoms with Gasteiger partial charge in [-0.1, -0.05) is 42.2 Å². The van der Waals surface area contributed by atoms with Crippen LogP contribution in [-0.4, -0.2) is 45.8 Å². The van der Waals surface area contributed by atoms with Crippen molar-refractivity contribution in [2.45, 2.75) is 56.0 Å². The molecule has 2 aliphatic rings. The van der Waals surface area contributed by atoms with E-state index in [1.165, 1.54) is 23.1 Å². The number of nitrogens with zero attached hydrogens (tertiary/aromatic N) is 4. The van der Waals surface area contributed by atoms with Gasteiger partial charge in [0, 0.05) is 24.9 Å². The van der Waals surface area contributed by atoms with E-state index >= 15 is 0 Å². The van der Waals surface area contributed by atoms with Crippen molar-refractivity contribution < 1.29 is 14.4 Å². The van der Waals surface area contributed by atoms with Crippen LogP contribution in [0.1, 0.15) is 39.5 Å². The van der Waals surface area contributed by atoms with Gasteiger partial charge < -0.3 is 10.2 Å². The number of carbonyl (C=O) groups is 3. The average Bonchev–Trinajstić information content (AvgIpc) is 3.46. The molecule has 0 bridgehead atoms. The van der Waals surface area contributed by atoms with Gasteiger partial charge in [-0.05, 0) is 31.9 Å². The summed E-state index contributed by atoms with van der Waals surface area (Å²) in [6.07, 6.45) is 2.65. The Labute approximate surface area is 183 Å². The number of hydrogen-bond acceptors (Lipinski definition) is 7. The van der Waals surface area contributed by atoms with Crippen molar-refractivity contribution in [3.05, 3.63) is 24.3 Å². The van der Waals surface area contributed by atoms with E-state index in [1.54, 1.807) is 15.9 Å². The lowest BCUT2D eigenvalue weighted by atomic mass is 10.2. The zero-order valence-corrected chi connectivity index (χ0v) is 18.5. The van der Waals surface area contributed by atoms with Gasteiger partial charge in [-0.2, -0.15) is 0 Å². The van der Waals surface area contributed by atoms with Crippen LogP contribution in [0.4, 0.5) is 16.5 Å². The van der Waals surface area contributed by atoms with Crippen molar-refractivity contribution in [2.75, 3.05) is 20.9 Å². The summed E-state index contributed by atoms with van der Waals surface area (Å²) >= 11 is 2.65. The highest BCUT2D eigenvalue weighted by molar-refractivity contribution is 8.01. The van der Waals surface area contributed by atoms with E-state index in [-0.39, 0.29) is 42.0 Å². The predicted molar refractivity (Wildman–Crippen MR) is 118 cm³/mol. The summed E-state index contributed by atoms with van der Waals surface area (Å²) in [4.78, 5) is 40.9. The molecule has 2 aromatic rings. The van der Waals surface area contributed by atoms with E-state index in [2.05, 4.69) is 15.5 Å². The number of fused-ring (bicyclic) bond motifs is 1. The van der Waals surface area contributed by atoms with Gasteiger partial charge in [0.25, 0.3) is 0 Å². The predicted octanol–water partition coefficient (Wildman–Crippen LogP) is 3.30. The molecule has 0 radical (unpaired) electrons. The normalized spacial score (nSPS) is 18.4. The van der Waals surface area contributed by atoms with Crippen LogP contribution in [-0.2, 0) is 14.4 Å².